The van der Waals surface area contributed by atoms with Crippen molar-refractivity contribution in [3.8, 4) is 16.3 Å². The van der Waals surface area contributed by atoms with E-state index in [0.717, 1.165) is 22.6 Å². The van der Waals surface area contributed by atoms with Crippen LogP contribution in [0.25, 0.3) is 10.6 Å². The molecule has 112 valence electrons. The van der Waals surface area contributed by atoms with Gasteiger partial charge < -0.3 is 5.11 Å². The number of rotatable bonds is 4. The molecule has 2 heterocycles. The van der Waals surface area contributed by atoms with Crippen LogP contribution in [0, 0.1) is 0 Å². The number of carbonyl (C=O) groups is 1. The number of anilines is 1. The van der Waals surface area contributed by atoms with Crippen LogP contribution in [0.4, 0.5) is 5.13 Å². The standard InChI is InChI=1S/C15H13N3O2S2/c1-2-9-3-4-12(19)11(7-9)13(20)16-15-18-17-14(22-15)10-5-6-21-8-10/h3-8,19H,2H2,1H3,(H,16,18,20). The fraction of sp³-hybridized carbons (Fsp3) is 0.133. The van der Waals surface area contributed by atoms with Gasteiger partial charge in [-0.05, 0) is 35.6 Å². The lowest BCUT2D eigenvalue weighted by atomic mass is 10.1. The number of benzene rings is 1. The summed E-state index contributed by atoms with van der Waals surface area (Å²) in [4.78, 5) is 12.3. The maximum Gasteiger partial charge on any atom is 0.261 e. The van der Waals surface area contributed by atoms with Gasteiger partial charge in [0.25, 0.3) is 5.91 Å². The number of thiophene rings is 1. The predicted molar refractivity (Wildman–Crippen MR) is 88.7 cm³/mol. The predicted octanol–water partition coefficient (Wildman–Crippen LogP) is 3.79. The van der Waals surface area contributed by atoms with Gasteiger partial charge >= 0.3 is 0 Å². The van der Waals surface area contributed by atoms with Crippen molar-refractivity contribution in [1.29, 1.82) is 0 Å². The number of nitrogens with one attached hydrogen (secondary N) is 1. The van der Waals surface area contributed by atoms with Crippen molar-refractivity contribution in [2.45, 2.75) is 13.3 Å². The largest absolute Gasteiger partial charge is 0.507 e. The third-order valence-electron chi connectivity index (χ3n) is 3.13. The van der Waals surface area contributed by atoms with E-state index in [9.17, 15) is 9.90 Å². The maximum absolute atomic E-state index is 12.3. The van der Waals surface area contributed by atoms with Crippen molar-refractivity contribution in [3.05, 3.63) is 46.2 Å². The molecule has 5 nitrogen and oxygen atoms in total. The Kier molecular flexibility index (Phi) is 4.17. The minimum atomic E-state index is -0.388. The van der Waals surface area contributed by atoms with E-state index >= 15 is 0 Å². The topological polar surface area (TPSA) is 75.1 Å². The highest BCUT2D eigenvalue weighted by molar-refractivity contribution is 7.19. The van der Waals surface area contributed by atoms with Gasteiger partial charge in [-0.2, -0.15) is 11.3 Å². The quantitative estimate of drug-likeness (QED) is 0.763. The van der Waals surface area contributed by atoms with E-state index < -0.39 is 0 Å². The van der Waals surface area contributed by atoms with E-state index in [4.69, 9.17) is 0 Å². The lowest BCUT2D eigenvalue weighted by Gasteiger charge is -2.05. The first-order valence-electron chi connectivity index (χ1n) is 6.66. The summed E-state index contributed by atoms with van der Waals surface area (Å²) in [5.41, 5.74) is 2.21. The summed E-state index contributed by atoms with van der Waals surface area (Å²) in [5.74, 6) is -0.432. The highest BCUT2D eigenvalue weighted by Gasteiger charge is 2.15. The Morgan fingerprint density at radius 1 is 1.32 bits per heavy atom. The third-order valence-corrected chi connectivity index (χ3v) is 4.70. The second kappa shape index (κ2) is 6.25. The van der Waals surface area contributed by atoms with E-state index in [1.165, 1.54) is 17.4 Å². The second-order valence-electron chi connectivity index (χ2n) is 4.58. The number of aromatic nitrogens is 2. The normalized spacial score (nSPS) is 10.6. The molecule has 0 saturated carbocycles. The van der Waals surface area contributed by atoms with Crippen molar-refractivity contribution in [1.82, 2.24) is 10.2 Å². The van der Waals surface area contributed by atoms with Crippen LogP contribution < -0.4 is 5.32 Å². The molecule has 2 aromatic heterocycles. The Balaban J connectivity index is 1.80. The summed E-state index contributed by atoms with van der Waals surface area (Å²) in [5, 5.41) is 25.7. The van der Waals surface area contributed by atoms with E-state index in [1.807, 2.05) is 23.8 Å². The molecule has 0 fully saturated rings. The Morgan fingerprint density at radius 3 is 2.91 bits per heavy atom. The molecule has 0 atom stereocenters. The Morgan fingerprint density at radius 2 is 2.18 bits per heavy atom. The van der Waals surface area contributed by atoms with Gasteiger partial charge in [0, 0.05) is 10.9 Å². The SMILES string of the molecule is CCc1ccc(O)c(C(=O)Nc2nnc(-c3ccsc3)s2)c1. The zero-order chi connectivity index (χ0) is 15.5. The van der Waals surface area contributed by atoms with Crippen molar-refractivity contribution >= 4 is 33.7 Å². The number of aromatic hydroxyl groups is 1. The molecule has 1 aromatic carbocycles. The van der Waals surface area contributed by atoms with Crippen LogP contribution in [0.3, 0.4) is 0 Å². The first-order valence-corrected chi connectivity index (χ1v) is 8.42. The van der Waals surface area contributed by atoms with Gasteiger partial charge in [-0.3, -0.25) is 10.1 Å². The van der Waals surface area contributed by atoms with E-state index in [0.29, 0.717) is 5.13 Å². The van der Waals surface area contributed by atoms with Crippen molar-refractivity contribution < 1.29 is 9.90 Å². The van der Waals surface area contributed by atoms with Crippen LogP contribution in [0.5, 0.6) is 5.75 Å². The smallest absolute Gasteiger partial charge is 0.261 e. The molecule has 2 N–H and O–H groups in total. The lowest BCUT2D eigenvalue weighted by molar-refractivity contribution is 0.102. The molecular weight excluding hydrogens is 318 g/mol. The Hall–Kier alpha value is -2.25. The Labute approximate surface area is 135 Å². The molecular formula is C15H13N3O2S2. The molecule has 0 spiro atoms. The van der Waals surface area contributed by atoms with Gasteiger partial charge in [0.2, 0.25) is 5.13 Å². The molecule has 0 saturated heterocycles. The minimum Gasteiger partial charge on any atom is -0.507 e. The molecule has 0 radical (unpaired) electrons. The van der Waals surface area contributed by atoms with E-state index in [-0.39, 0.29) is 17.2 Å². The van der Waals surface area contributed by atoms with Crippen molar-refractivity contribution in [3.63, 3.8) is 0 Å². The first kappa shape index (κ1) is 14.7. The lowest BCUT2D eigenvalue weighted by Crippen LogP contribution is -2.12. The molecule has 0 aliphatic carbocycles. The summed E-state index contributed by atoms with van der Waals surface area (Å²) in [6.45, 7) is 1.99. The van der Waals surface area contributed by atoms with Crippen molar-refractivity contribution in [2.24, 2.45) is 0 Å². The van der Waals surface area contributed by atoms with Gasteiger partial charge in [-0.15, -0.1) is 10.2 Å². The van der Waals surface area contributed by atoms with Crippen LogP contribution in [-0.2, 0) is 6.42 Å². The maximum atomic E-state index is 12.3. The molecule has 0 aliphatic heterocycles. The first-order chi connectivity index (χ1) is 10.7. The summed E-state index contributed by atoms with van der Waals surface area (Å²) in [6.07, 6.45) is 0.793. The zero-order valence-corrected chi connectivity index (χ0v) is 13.4. The number of phenols is 1. The molecule has 0 bridgehead atoms. The average Bonchev–Trinajstić information content (AvgIpc) is 3.18. The fourth-order valence-corrected chi connectivity index (χ4v) is 3.38. The second-order valence-corrected chi connectivity index (χ2v) is 6.34. The number of hydrogen-bond donors (Lipinski definition) is 2. The molecule has 3 aromatic rings. The Bertz CT molecular complexity index is 797. The van der Waals surface area contributed by atoms with Gasteiger partial charge in [0.15, 0.2) is 0 Å². The monoisotopic (exact) mass is 331 g/mol. The molecule has 1 amide bonds. The zero-order valence-electron chi connectivity index (χ0n) is 11.7. The van der Waals surface area contributed by atoms with Gasteiger partial charge in [0.05, 0.1) is 5.56 Å². The van der Waals surface area contributed by atoms with Gasteiger partial charge in [-0.1, -0.05) is 24.3 Å². The van der Waals surface area contributed by atoms with Crippen LogP contribution in [0.15, 0.2) is 35.0 Å². The summed E-state index contributed by atoms with van der Waals surface area (Å²) in [6, 6.07) is 6.97. The van der Waals surface area contributed by atoms with Crippen LogP contribution in [-0.4, -0.2) is 21.2 Å². The molecule has 0 unspecified atom stereocenters. The van der Waals surface area contributed by atoms with Crippen LogP contribution in [0.1, 0.15) is 22.8 Å². The summed E-state index contributed by atoms with van der Waals surface area (Å²) in [7, 11) is 0. The highest BCUT2D eigenvalue weighted by atomic mass is 32.1. The average molecular weight is 331 g/mol. The van der Waals surface area contributed by atoms with E-state index in [1.54, 1.807) is 23.5 Å². The van der Waals surface area contributed by atoms with E-state index in [2.05, 4.69) is 15.5 Å². The molecule has 22 heavy (non-hydrogen) atoms. The van der Waals surface area contributed by atoms with Gasteiger partial charge in [-0.25, -0.2) is 0 Å². The molecule has 7 heteroatoms. The third kappa shape index (κ3) is 3.00. The summed E-state index contributed by atoms with van der Waals surface area (Å²) < 4.78 is 0. The van der Waals surface area contributed by atoms with Crippen LogP contribution >= 0.6 is 22.7 Å². The number of phenolic OH excluding ortho intramolecular Hbond substituents is 1. The number of hydrogen-bond acceptors (Lipinski definition) is 6. The minimum absolute atomic E-state index is 0.0442. The van der Waals surface area contributed by atoms with Crippen molar-refractivity contribution in [2.75, 3.05) is 5.32 Å². The number of amides is 1. The van der Waals surface area contributed by atoms with Crippen LogP contribution in [0.2, 0.25) is 0 Å². The molecule has 3 rings (SSSR count). The number of nitrogens with zero attached hydrogens (tertiary/aromatic N) is 2. The summed E-state index contributed by atoms with van der Waals surface area (Å²) >= 11 is 2.88. The number of carbonyl (C=O) groups excluding carboxylic acids is 1. The fourth-order valence-electron chi connectivity index (χ4n) is 1.93. The van der Waals surface area contributed by atoms with Gasteiger partial charge in [0.1, 0.15) is 10.8 Å². The number of aryl methyl sites for hydroxylation is 1. The highest BCUT2D eigenvalue weighted by Crippen LogP contribution is 2.28. The molecule has 0 aliphatic rings.